The van der Waals surface area contributed by atoms with Crippen LogP contribution in [0.4, 0.5) is 0 Å². The minimum absolute atomic E-state index is 0.715. The van der Waals surface area contributed by atoms with E-state index in [2.05, 4.69) is 65.7 Å². The fraction of sp³-hybridized carbons (Fsp3) is 0.667. The molecule has 0 aliphatic carbocycles. The van der Waals surface area contributed by atoms with Crippen LogP contribution in [0.15, 0.2) is 29.3 Å². The van der Waals surface area contributed by atoms with E-state index in [4.69, 9.17) is 4.99 Å². The highest BCUT2D eigenvalue weighted by molar-refractivity contribution is 5.79. The Morgan fingerprint density at radius 2 is 1.73 bits per heavy atom. The predicted octanol–water partition coefficient (Wildman–Crippen LogP) is 2.68. The van der Waals surface area contributed by atoms with Crippen molar-refractivity contribution in [1.29, 1.82) is 0 Å². The second kappa shape index (κ2) is 11.9. The summed E-state index contributed by atoms with van der Waals surface area (Å²) in [5, 5.41) is 6.74. The van der Waals surface area contributed by atoms with Gasteiger partial charge in [0.15, 0.2) is 5.96 Å². The van der Waals surface area contributed by atoms with Crippen molar-refractivity contribution in [1.82, 2.24) is 20.4 Å². The maximum Gasteiger partial charge on any atom is 0.191 e. The first-order chi connectivity index (χ1) is 12.7. The normalized spacial score (nSPS) is 16.1. The molecule has 1 heterocycles. The van der Waals surface area contributed by atoms with Gasteiger partial charge in [0.2, 0.25) is 0 Å². The molecule has 1 aromatic carbocycles. The van der Waals surface area contributed by atoms with Crippen molar-refractivity contribution >= 4 is 5.96 Å². The van der Waals surface area contributed by atoms with Gasteiger partial charge in [-0.1, -0.05) is 30.7 Å². The Labute approximate surface area is 159 Å². The minimum atomic E-state index is 0.715. The lowest BCUT2D eigenvalue weighted by molar-refractivity contribution is 0.221. The molecule has 26 heavy (non-hydrogen) atoms. The molecule has 0 unspecified atom stereocenters. The van der Waals surface area contributed by atoms with Crippen molar-refractivity contribution in [2.75, 3.05) is 46.8 Å². The van der Waals surface area contributed by atoms with Gasteiger partial charge < -0.3 is 15.5 Å². The van der Waals surface area contributed by atoms with Crippen molar-refractivity contribution in [3.05, 3.63) is 35.4 Å². The van der Waals surface area contributed by atoms with E-state index >= 15 is 0 Å². The van der Waals surface area contributed by atoms with E-state index in [0.717, 1.165) is 38.6 Å². The van der Waals surface area contributed by atoms with Crippen LogP contribution in [0.25, 0.3) is 0 Å². The lowest BCUT2D eigenvalue weighted by Gasteiger charge is -2.26. The van der Waals surface area contributed by atoms with Gasteiger partial charge in [0, 0.05) is 19.6 Å². The number of benzene rings is 1. The molecule has 1 aromatic rings. The number of likely N-dealkylation sites (tertiary alicyclic amines) is 1. The molecule has 5 nitrogen and oxygen atoms in total. The van der Waals surface area contributed by atoms with Crippen molar-refractivity contribution in [2.24, 2.45) is 4.99 Å². The third-order valence-corrected chi connectivity index (χ3v) is 4.72. The van der Waals surface area contributed by atoms with E-state index in [9.17, 15) is 0 Å². The van der Waals surface area contributed by atoms with Gasteiger partial charge in [-0.15, -0.1) is 0 Å². The average Bonchev–Trinajstić information content (AvgIpc) is 2.65. The molecule has 1 fully saturated rings. The molecule has 0 spiro atoms. The molecule has 0 bridgehead atoms. The minimum Gasteiger partial charge on any atom is -0.357 e. The second-order valence-corrected chi connectivity index (χ2v) is 7.43. The van der Waals surface area contributed by atoms with Crippen LogP contribution in [0.3, 0.4) is 0 Å². The quantitative estimate of drug-likeness (QED) is 0.404. The van der Waals surface area contributed by atoms with Crippen LogP contribution in [-0.4, -0.2) is 62.6 Å². The zero-order chi connectivity index (χ0) is 18.6. The monoisotopic (exact) mass is 359 g/mol. The van der Waals surface area contributed by atoms with Gasteiger partial charge in [-0.2, -0.15) is 0 Å². The first kappa shape index (κ1) is 20.7. The summed E-state index contributed by atoms with van der Waals surface area (Å²) >= 11 is 0. The third-order valence-electron chi connectivity index (χ3n) is 4.72. The molecular weight excluding hydrogens is 322 g/mol. The van der Waals surface area contributed by atoms with E-state index in [0.29, 0.717) is 6.54 Å². The number of nitrogens with one attached hydrogen (secondary N) is 2. The summed E-state index contributed by atoms with van der Waals surface area (Å²) < 4.78 is 0. The number of nitrogens with zero attached hydrogens (tertiary/aromatic N) is 3. The van der Waals surface area contributed by atoms with Gasteiger partial charge in [-0.25, -0.2) is 4.99 Å². The molecular formula is C21H37N5. The van der Waals surface area contributed by atoms with Crippen molar-refractivity contribution in [3.63, 3.8) is 0 Å². The van der Waals surface area contributed by atoms with E-state index in [1.165, 1.54) is 43.5 Å². The van der Waals surface area contributed by atoms with Crippen LogP contribution >= 0.6 is 0 Å². The Morgan fingerprint density at radius 1 is 1.04 bits per heavy atom. The molecule has 0 atom stereocenters. The van der Waals surface area contributed by atoms with Crippen LogP contribution in [0.5, 0.6) is 0 Å². The lowest BCUT2D eigenvalue weighted by Crippen LogP contribution is -2.38. The fourth-order valence-corrected chi connectivity index (χ4v) is 3.24. The summed E-state index contributed by atoms with van der Waals surface area (Å²) in [5.41, 5.74) is 2.67. The van der Waals surface area contributed by atoms with Gasteiger partial charge in [0.25, 0.3) is 0 Å². The van der Waals surface area contributed by atoms with Crippen LogP contribution in [-0.2, 0) is 13.1 Å². The third kappa shape index (κ3) is 8.19. The van der Waals surface area contributed by atoms with Gasteiger partial charge >= 0.3 is 0 Å². The molecule has 1 aliphatic rings. The number of hydrogen-bond acceptors (Lipinski definition) is 3. The van der Waals surface area contributed by atoms with Gasteiger partial charge in [-0.3, -0.25) is 4.90 Å². The predicted molar refractivity (Wildman–Crippen MR) is 112 cm³/mol. The van der Waals surface area contributed by atoms with Crippen LogP contribution in [0.2, 0.25) is 0 Å². The largest absolute Gasteiger partial charge is 0.357 e. The van der Waals surface area contributed by atoms with Crippen molar-refractivity contribution < 1.29 is 0 Å². The number of piperidine rings is 1. The molecule has 0 amide bonds. The van der Waals surface area contributed by atoms with Crippen LogP contribution in [0.1, 0.15) is 43.7 Å². The molecule has 146 valence electrons. The number of aliphatic imine (C=N–C) groups is 1. The summed E-state index contributed by atoms with van der Waals surface area (Å²) in [5.74, 6) is 0.906. The Bertz CT molecular complexity index is 518. The summed E-state index contributed by atoms with van der Waals surface area (Å²) in [7, 11) is 4.21. The molecule has 2 rings (SSSR count). The smallest absolute Gasteiger partial charge is 0.191 e. The highest BCUT2D eigenvalue weighted by Gasteiger charge is 2.10. The highest BCUT2D eigenvalue weighted by Crippen LogP contribution is 2.13. The Morgan fingerprint density at radius 3 is 2.38 bits per heavy atom. The van der Waals surface area contributed by atoms with Crippen molar-refractivity contribution in [3.8, 4) is 0 Å². The zero-order valence-electron chi connectivity index (χ0n) is 16.9. The molecule has 0 aromatic heterocycles. The molecule has 5 heteroatoms. The Balaban J connectivity index is 1.79. The topological polar surface area (TPSA) is 42.9 Å². The summed E-state index contributed by atoms with van der Waals surface area (Å²) in [6.07, 6.45) is 5.20. The SMILES string of the molecule is CCNC(=NCc1ccc(CN2CCCCC2)cc1)NCCCN(C)C. The number of guanidine groups is 1. The summed E-state index contributed by atoms with van der Waals surface area (Å²) in [6, 6.07) is 8.96. The summed E-state index contributed by atoms with van der Waals surface area (Å²) in [6.45, 7) is 9.31. The second-order valence-electron chi connectivity index (χ2n) is 7.43. The number of rotatable bonds is 9. The molecule has 0 radical (unpaired) electrons. The molecule has 0 saturated carbocycles. The molecule has 1 saturated heterocycles. The molecule has 2 N–H and O–H groups in total. The van der Waals surface area contributed by atoms with Gasteiger partial charge in [0.1, 0.15) is 0 Å². The zero-order valence-corrected chi connectivity index (χ0v) is 16.9. The summed E-state index contributed by atoms with van der Waals surface area (Å²) in [4.78, 5) is 9.49. The molecule has 1 aliphatic heterocycles. The Hall–Kier alpha value is -1.59. The lowest BCUT2D eigenvalue weighted by atomic mass is 10.1. The van der Waals surface area contributed by atoms with E-state index < -0.39 is 0 Å². The maximum atomic E-state index is 4.72. The average molecular weight is 360 g/mol. The van der Waals surface area contributed by atoms with Crippen LogP contribution in [0, 0.1) is 0 Å². The standard InChI is InChI=1S/C21H37N5/c1-4-22-21(23-13-8-14-25(2)3)24-17-19-9-11-20(12-10-19)18-26-15-6-5-7-16-26/h9-12H,4-8,13-18H2,1-3H3,(H2,22,23,24). The fourth-order valence-electron chi connectivity index (χ4n) is 3.24. The van der Waals surface area contributed by atoms with E-state index in [1.807, 2.05) is 0 Å². The first-order valence-corrected chi connectivity index (χ1v) is 10.1. The number of hydrogen-bond donors (Lipinski definition) is 2. The first-order valence-electron chi connectivity index (χ1n) is 10.1. The Kier molecular flexibility index (Phi) is 9.50. The van der Waals surface area contributed by atoms with Gasteiger partial charge in [-0.05, 0) is 71.0 Å². The van der Waals surface area contributed by atoms with Gasteiger partial charge in [0.05, 0.1) is 6.54 Å². The van der Waals surface area contributed by atoms with Crippen LogP contribution < -0.4 is 10.6 Å². The maximum absolute atomic E-state index is 4.72. The van der Waals surface area contributed by atoms with E-state index in [-0.39, 0.29) is 0 Å². The van der Waals surface area contributed by atoms with E-state index in [1.54, 1.807) is 0 Å². The van der Waals surface area contributed by atoms with Crippen molar-refractivity contribution in [2.45, 2.75) is 45.7 Å². The highest BCUT2D eigenvalue weighted by atomic mass is 15.2.